The number of phosphoric acid groups is 6. The molecule has 0 amide bonds. The number of phosphoric ester groups is 3. The number of rotatable bonds is 27. The highest BCUT2D eigenvalue weighted by Gasteiger charge is 2.49. The Hall–Kier alpha value is -7.39. The Kier molecular flexibility index (Phi) is 25.0. The largest absolute Gasteiger partial charge is 0.481 e. The van der Waals surface area contributed by atoms with Crippen molar-refractivity contribution in [2.75, 3.05) is 42.3 Å². The van der Waals surface area contributed by atoms with Crippen LogP contribution >= 0.6 is 46.9 Å². The minimum Gasteiger partial charge on any atom is -0.387 e. The van der Waals surface area contributed by atoms with Gasteiger partial charge in [-0.1, -0.05) is 97.1 Å². The van der Waals surface area contributed by atoms with Gasteiger partial charge in [-0.2, -0.15) is 12.9 Å². The van der Waals surface area contributed by atoms with E-state index in [0.717, 1.165) is 34.0 Å². The molecule has 0 bridgehead atoms. The van der Waals surface area contributed by atoms with Gasteiger partial charge in [-0.15, -0.1) is 0 Å². The number of anilines is 4. The second-order valence-corrected chi connectivity index (χ2v) is 31.4. The van der Waals surface area contributed by atoms with Crippen molar-refractivity contribution in [3.8, 4) is 0 Å². The van der Waals surface area contributed by atoms with Crippen LogP contribution in [-0.2, 0) is 81.1 Å². The Morgan fingerprint density at radius 2 is 0.755 bits per heavy atom. The molecule has 13 rings (SSSR count). The lowest BCUT2D eigenvalue weighted by molar-refractivity contribution is -0.0503. The first-order chi connectivity index (χ1) is 50.1. The zero-order valence-electron chi connectivity index (χ0n) is 53.8. The maximum atomic E-state index is 11.7. The number of hydrogen-bond donors (Lipinski definition) is 18. The number of fused-ring (bicyclic) bond motifs is 4. The van der Waals surface area contributed by atoms with Crippen LogP contribution in [0.1, 0.15) is 29.8 Å². The minimum atomic E-state index is -5.32. The zero-order chi connectivity index (χ0) is 76.1. The highest BCUT2D eigenvalue weighted by Crippen LogP contribution is 2.60. The molecule has 3 fully saturated rings. The lowest BCUT2D eigenvalue weighted by atomic mass is 10.1. The second-order valence-electron chi connectivity index (χ2n) is 22.9. The molecule has 570 valence electrons. The lowest BCUT2D eigenvalue weighted by Crippen LogP contribution is -2.33. The molecule has 45 nitrogen and oxygen atoms in total. The van der Waals surface area contributed by atoms with Gasteiger partial charge in [-0.05, 0) is 29.0 Å². The number of nitrogens with zero attached hydrogens (tertiary/aromatic N) is 12. The smallest absolute Gasteiger partial charge is 0.387 e. The fourth-order valence-corrected chi connectivity index (χ4v) is 15.7. The first kappa shape index (κ1) is 79.6. The molecule has 18 N–H and O–H groups in total. The molecule has 3 aliphatic heterocycles. The first-order valence-electron chi connectivity index (χ1n) is 30.7. The van der Waals surface area contributed by atoms with Crippen molar-refractivity contribution in [2.45, 2.75) is 86.6 Å². The number of nitrogens with one attached hydrogen (secondary N) is 3. The Morgan fingerprint density at radius 1 is 0.396 bits per heavy atom. The van der Waals surface area contributed by atoms with Crippen LogP contribution in [0.15, 0.2) is 141 Å². The minimum absolute atomic E-state index is 0.258. The quantitative estimate of drug-likeness (QED) is 0.0328. The van der Waals surface area contributed by atoms with Gasteiger partial charge in [0, 0.05) is 24.2 Å². The predicted octanol–water partition coefficient (Wildman–Crippen LogP) is 2.18. The third-order valence-corrected chi connectivity index (χ3v) is 22.1. The summed E-state index contributed by atoms with van der Waals surface area (Å²) in [6.45, 7) is -1.40. The van der Waals surface area contributed by atoms with E-state index in [9.17, 15) is 72.7 Å². The number of aliphatic hydroxyl groups is 6. The Labute approximate surface area is 594 Å². The first-order valence-corrected chi connectivity index (χ1v) is 39.8. The van der Waals surface area contributed by atoms with Crippen molar-refractivity contribution < 1.29 is 143 Å². The third kappa shape index (κ3) is 20.1. The molecule has 0 spiro atoms. The molecule has 10 aromatic rings. The molecule has 0 radical (unpaired) electrons. The van der Waals surface area contributed by atoms with E-state index in [1.165, 1.54) is 51.7 Å². The van der Waals surface area contributed by atoms with Crippen molar-refractivity contribution in [3.05, 3.63) is 152 Å². The number of aliphatic hydroxyl groups excluding tert-OH is 6. The van der Waals surface area contributed by atoms with E-state index in [0.29, 0.717) is 47.1 Å². The fourth-order valence-electron chi connectivity index (χ4n) is 10.9. The van der Waals surface area contributed by atoms with E-state index in [2.05, 4.69) is 87.3 Å². The molecule has 0 saturated carbocycles. The van der Waals surface area contributed by atoms with Crippen molar-refractivity contribution >= 4 is 114 Å². The van der Waals surface area contributed by atoms with E-state index in [1.54, 1.807) is 0 Å². The van der Waals surface area contributed by atoms with E-state index in [-0.39, 0.29) is 16.9 Å². The number of hydrogen-bond acceptors (Lipinski definition) is 33. The standard InChI is InChI=1S/C20H21N5O10P2.C18H23N5O10P2.C17H21N5O10P2/c26-16-14(8-33-37(31,32)35-36(28,29)30)34-20(17(16)27)25-10-23-15-18(21-9-22-19(15)25)24-13-7-3-5-11-4-1-2-6-12(11)13;24-14-12(8-31-35(29,30)33-34(26,27)28)32-18(15(14)25)23-10-22-13-16(20-9-21-17(13)23)19-7-6-11-4-2-1-3-5-11;23-13-11(7-30-34(28,29)32-33(25,26)27)31-17(14(13)24)22-9-21-12-15(19-8-20-16(12)22)18-6-10-4-2-1-3-5-10/h1-7,9-10,14,16-17,20,26-27H,8H2,(H,31,32)(H,21,22,24)(H2,28,29,30);1-5,9-10,12,14-15,18,24-25H,6-8H2,(H,29,30)(H,19,20,21)(H2,26,27,28);1-5,8-9,11,13-14,17,23-24H,6-7H2,(H,28,29)(H,18,19,20)(H2,25,26,27)/t14-,16-,17-,20?;12-,14-,15-,18?;11-,13-,14-,17?/m111/s1. The van der Waals surface area contributed by atoms with Gasteiger partial charge in [0.05, 0.1) is 38.8 Å². The summed E-state index contributed by atoms with van der Waals surface area (Å²) in [4.78, 5) is 118. The van der Waals surface area contributed by atoms with E-state index >= 15 is 0 Å². The molecular weight excluding hydrogens is 1540 g/mol. The van der Waals surface area contributed by atoms with Gasteiger partial charge in [-0.3, -0.25) is 27.3 Å². The average molecular weight is 1600 g/mol. The van der Waals surface area contributed by atoms with Crippen molar-refractivity contribution in [3.63, 3.8) is 0 Å². The molecule has 6 aromatic heterocycles. The van der Waals surface area contributed by atoms with Crippen LogP contribution in [0.3, 0.4) is 0 Å². The fraction of sp³-hybridized carbons (Fsp3) is 0.327. The van der Waals surface area contributed by atoms with Crippen LogP contribution in [0.2, 0.25) is 0 Å². The molecular formula is C55H65N15O30P6. The van der Waals surface area contributed by atoms with Gasteiger partial charge < -0.3 is 105 Å². The van der Waals surface area contributed by atoms with Crippen LogP contribution in [0.4, 0.5) is 23.1 Å². The highest BCUT2D eigenvalue weighted by molar-refractivity contribution is 7.61. The average Bonchev–Trinajstić information content (AvgIpc) is 1.63. The summed E-state index contributed by atoms with van der Waals surface area (Å²) in [5.74, 6) is 1.26. The van der Waals surface area contributed by atoms with Gasteiger partial charge >= 0.3 is 46.9 Å². The van der Waals surface area contributed by atoms with E-state index < -0.39 is 140 Å². The second kappa shape index (κ2) is 33.2. The highest BCUT2D eigenvalue weighted by atomic mass is 31.3. The van der Waals surface area contributed by atoms with E-state index in [4.69, 9.17) is 43.6 Å². The van der Waals surface area contributed by atoms with Gasteiger partial charge in [0.15, 0.2) is 69.6 Å². The number of imidazole rings is 3. The molecule has 106 heavy (non-hydrogen) atoms. The van der Waals surface area contributed by atoms with Crippen molar-refractivity contribution in [1.29, 1.82) is 0 Å². The number of benzene rings is 4. The van der Waals surface area contributed by atoms with Crippen molar-refractivity contribution in [1.82, 2.24) is 58.6 Å². The normalized spacial score (nSPS) is 24.4. The summed E-state index contributed by atoms with van der Waals surface area (Å²) < 4.78 is 113. The summed E-state index contributed by atoms with van der Waals surface area (Å²) in [6.07, 6.45) is -8.35. The summed E-state index contributed by atoms with van der Waals surface area (Å²) in [5, 5.41) is 74.1. The summed E-state index contributed by atoms with van der Waals surface area (Å²) >= 11 is 0. The van der Waals surface area contributed by atoms with Gasteiger partial charge in [-0.25, -0.2) is 72.2 Å². The lowest BCUT2D eigenvalue weighted by Gasteiger charge is -2.17. The molecule has 4 aromatic carbocycles. The van der Waals surface area contributed by atoms with Gasteiger partial charge in [0.25, 0.3) is 0 Å². The van der Waals surface area contributed by atoms with Crippen molar-refractivity contribution in [2.24, 2.45) is 0 Å². The van der Waals surface area contributed by atoms with Crippen LogP contribution in [0.25, 0.3) is 44.3 Å². The molecule has 0 aliphatic carbocycles. The van der Waals surface area contributed by atoms with E-state index in [1.807, 2.05) is 103 Å². The monoisotopic (exact) mass is 1600 g/mol. The molecule has 51 heteroatoms. The predicted molar refractivity (Wildman–Crippen MR) is 360 cm³/mol. The van der Waals surface area contributed by atoms with Gasteiger partial charge in [0.2, 0.25) is 0 Å². The molecule has 3 saturated heterocycles. The molecule has 15 atom stereocenters. The molecule has 3 aliphatic rings. The van der Waals surface area contributed by atoms with Crippen LogP contribution in [0.5, 0.6) is 0 Å². The maximum absolute atomic E-state index is 11.7. The number of ether oxygens (including phenoxy) is 3. The summed E-state index contributed by atoms with van der Waals surface area (Å²) in [6, 6.07) is 32.9. The maximum Gasteiger partial charge on any atom is 0.481 e. The van der Waals surface area contributed by atoms with Gasteiger partial charge in [0.1, 0.15) is 73.9 Å². The van der Waals surface area contributed by atoms with Crippen LogP contribution < -0.4 is 16.0 Å². The topological polar surface area (TPSA) is 656 Å². The summed E-state index contributed by atoms with van der Waals surface area (Å²) in [7, 11) is -31.4. The Balaban J connectivity index is 0.000000159. The van der Waals surface area contributed by atoms with Crippen LogP contribution in [0, 0.1) is 0 Å². The Bertz CT molecular complexity index is 5000. The molecule has 6 unspecified atom stereocenters. The molecule has 9 heterocycles. The number of aromatic nitrogens is 12. The zero-order valence-corrected chi connectivity index (χ0v) is 59.2. The van der Waals surface area contributed by atoms with Crippen LogP contribution in [-0.4, -0.2) is 215 Å². The SMILES string of the molecule is O=P(O)(O)OP(=O)(O)OC[C@H]1OC(n2cnc3c(NCCc4ccccc4)ncnc32)[C@H](O)[C@@H]1O.O=P(O)(O)OP(=O)(O)OC[C@H]1OC(n2cnc3c(NCc4ccccc4)ncnc32)[C@H](O)[C@@H]1O.O=P(O)(O)OP(=O)(O)OC[C@H]1OC(n2cnc3c(Nc4cccc5ccccc45)ncnc32)[C@H](O)[C@@H]1O. The third-order valence-electron chi connectivity index (χ3n) is 15.6. The summed E-state index contributed by atoms with van der Waals surface area (Å²) in [5.41, 5.74) is 4.86. The Morgan fingerprint density at radius 3 is 1.17 bits per heavy atom.